The molecule has 0 fully saturated rings. The molecule has 11 heavy (non-hydrogen) atoms. The molecule has 62 valence electrons. The van der Waals surface area contributed by atoms with Gasteiger partial charge in [-0.25, -0.2) is 13.8 Å². The van der Waals surface area contributed by atoms with Crippen molar-refractivity contribution >= 4 is 0 Å². The van der Waals surface area contributed by atoms with Gasteiger partial charge in [-0.3, -0.25) is 0 Å². The van der Waals surface area contributed by atoms with E-state index < -0.39 is 6.43 Å². The molecule has 0 saturated carbocycles. The lowest BCUT2D eigenvalue weighted by Crippen LogP contribution is -1.93. The van der Waals surface area contributed by atoms with Crippen LogP contribution >= 0.6 is 0 Å². The highest BCUT2D eigenvalue weighted by Gasteiger charge is 2.19. The number of aromatic nitrogens is 1. The molecule has 1 aromatic rings. The molecule has 0 spiro atoms. The molecular formula is C7H9F2NO. The van der Waals surface area contributed by atoms with Crippen LogP contribution < -0.4 is 0 Å². The Kier molecular flexibility index (Phi) is 2.22. The van der Waals surface area contributed by atoms with E-state index in [0.717, 1.165) is 6.39 Å². The molecule has 0 aromatic carbocycles. The van der Waals surface area contributed by atoms with Crippen molar-refractivity contribution in [1.82, 2.24) is 4.98 Å². The van der Waals surface area contributed by atoms with Crippen molar-refractivity contribution in [3.05, 3.63) is 17.8 Å². The summed E-state index contributed by atoms with van der Waals surface area (Å²) in [5.41, 5.74) is 0.347. The van der Waals surface area contributed by atoms with Gasteiger partial charge in [-0.2, -0.15) is 0 Å². The summed E-state index contributed by atoms with van der Waals surface area (Å²) in [5.74, 6) is -0.322. The molecule has 1 heterocycles. The van der Waals surface area contributed by atoms with E-state index in [-0.39, 0.29) is 11.7 Å². The average molecular weight is 161 g/mol. The largest absolute Gasteiger partial charge is 0.442 e. The van der Waals surface area contributed by atoms with E-state index in [2.05, 4.69) is 9.40 Å². The predicted molar refractivity (Wildman–Crippen MR) is 35.5 cm³/mol. The van der Waals surface area contributed by atoms with Gasteiger partial charge in [-0.05, 0) is 5.92 Å². The van der Waals surface area contributed by atoms with E-state index >= 15 is 0 Å². The molecule has 0 atom stereocenters. The molecule has 1 rings (SSSR count). The zero-order chi connectivity index (χ0) is 8.43. The second-order valence-corrected chi connectivity index (χ2v) is 2.56. The lowest BCUT2D eigenvalue weighted by Gasteiger charge is -2.01. The van der Waals surface area contributed by atoms with Crippen molar-refractivity contribution in [2.24, 2.45) is 0 Å². The Balaban J connectivity index is 2.96. The standard InChI is InChI=1S/C7H9F2NO/c1-4(2)5-6(7(8)9)11-3-10-5/h3-4,7H,1-2H3. The van der Waals surface area contributed by atoms with Gasteiger partial charge in [0.1, 0.15) is 0 Å². The van der Waals surface area contributed by atoms with Gasteiger partial charge in [0.2, 0.25) is 0 Å². The summed E-state index contributed by atoms with van der Waals surface area (Å²) in [6, 6.07) is 0. The Hall–Kier alpha value is -0.930. The van der Waals surface area contributed by atoms with Gasteiger partial charge in [0, 0.05) is 0 Å². The minimum absolute atomic E-state index is 0.0160. The Morgan fingerprint density at radius 3 is 2.45 bits per heavy atom. The third-order valence-electron chi connectivity index (χ3n) is 1.37. The van der Waals surface area contributed by atoms with Gasteiger partial charge in [-0.1, -0.05) is 13.8 Å². The Morgan fingerprint density at radius 2 is 2.09 bits per heavy atom. The maximum atomic E-state index is 12.1. The number of oxazole rings is 1. The van der Waals surface area contributed by atoms with Crippen LogP contribution in [-0.2, 0) is 0 Å². The predicted octanol–water partition coefficient (Wildman–Crippen LogP) is 2.74. The van der Waals surface area contributed by atoms with Crippen molar-refractivity contribution in [2.45, 2.75) is 26.2 Å². The van der Waals surface area contributed by atoms with Crippen LogP contribution in [0.2, 0.25) is 0 Å². The lowest BCUT2D eigenvalue weighted by atomic mass is 10.1. The highest BCUT2D eigenvalue weighted by molar-refractivity contribution is 5.12. The molecular weight excluding hydrogens is 152 g/mol. The SMILES string of the molecule is CC(C)c1ncoc1C(F)F. The summed E-state index contributed by atoms with van der Waals surface area (Å²) in [7, 11) is 0. The van der Waals surface area contributed by atoms with Crippen molar-refractivity contribution in [1.29, 1.82) is 0 Å². The van der Waals surface area contributed by atoms with Crippen molar-refractivity contribution in [3.63, 3.8) is 0 Å². The van der Waals surface area contributed by atoms with Crippen molar-refractivity contribution in [2.75, 3.05) is 0 Å². The maximum Gasteiger partial charge on any atom is 0.297 e. The third kappa shape index (κ3) is 1.56. The van der Waals surface area contributed by atoms with Gasteiger partial charge in [0.15, 0.2) is 12.2 Å². The van der Waals surface area contributed by atoms with Crippen LogP contribution in [0, 0.1) is 0 Å². The van der Waals surface area contributed by atoms with Gasteiger partial charge in [0.05, 0.1) is 5.69 Å². The molecule has 2 nitrogen and oxygen atoms in total. The van der Waals surface area contributed by atoms with Crippen LogP contribution in [0.3, 0.4) is 0 Å². The quantitative estimate of drug-likeness (QED) is 0.666. The fourth-order valence-electron chi connectivity index (χ4n) is 0.861. The highest BCUT2D eigenvalue weighted by Crippen LogP contribution is 2.26. The molecule has 0 aliphatic carbocycles. The molecule has 0 bridgehead atoms. The summed E-state index contributed by atoms with van der Waals surface area (Å²) in [5, 5.41) is 0. The number of rotatable bonds is 2. The Morgan fingerprint density at radius 1 is 1.45 bits per heavy atom. The first kappa shape index (κ1) is 8.17. The summed E-state index contributed by atoms with van der Waals surface area (Å²) in [6.07, 6.45) is -1.51. The fraction of sp³-hybridized carbons (Fsp3) is 0.571. The molecule has 0 unspecified atom stereocenters. The van der Waals surface area contributed by atoms with Gasteiger partial charge in [-0.15, -0.1) is 0 Å². The van der Waals surface area contributed by atoms with E-state index in [1.54, 1.807) is 13.8 Å². The zero-order valence-corrected chi connectivity index (χ0v) is 6.34. The topological polar surface area (TPSA) is 26.0 Å². The summed E-state index contributed by atoms with van der Waals surface area (Å²) >= 11 is 0. The van der Waals surface area contributed by atoms with E-state index in [9.17, 15) is 8.78 Å². The van der Waals surface area contributed by atoms with Crippen LogP contribution in [0.5, 0.6) is 0 Å². The monoisotopic (exact) mass is 161 g/mol. The van der Waals surface area contributed by atoms with E-state index in [0.29, 0.717) is 5.69 Å². The molecule has 0 radical (unpaired) electrons. The minimum atomic E-state index is -2.56. The van der Waals surface area contributed by atoms with E-state index in [4.69, 9.17) is 0 Å². The van der Waals surface area contributed by atoms with Crippen LogP contribution in [0.4, 0.5) is 8.78 Å². The molecule has 0 N–H and O–H groups in total. The second kappa shape index (κ2) is 2.98. The van der Waals surface area contributed by atoms with E-state index in [1.807, 2.05) is 0 Å². The van der Waals surface area contributed by atoms with E-state index in [1.165, 1.54) is 0 Å². The highest BCUT2D eigenvalue weighted by atomic mass is 19.3. The van der Waals surface area contributed by atoms with Gasteiger partial charge < -0.3 is 4.42 Å². The molecule has 0 aliphatic rings. The number of hydrogen-bond donors (Lipinski definition) is 0. The second-order valence-electron chi connectivity index (χ2n) is 2.56. The normalized spacial score (nSPS) is 11.5. The summed E-state index contributed by atoms with van der Waals surface area (Å²) < 4.78 is 28.7. The Bertz CT molecular complexity index is 210. The summed E-state index contributed by atoms with van der Waals surface area (Å²) in [6.45, 7) is 3.59. The molecule has 0 aliphatic heterocycles. The average Bonchev–Trinajstić information content (AvgIpc) is 2.32. The minimum Gasteiger partial charge on any atom is -0.442 e. The molecule has 4 heteroatoms. The van der Waals surface area contributed by atoms with Crippen LogP contribution in [-0.4, -0.2) is 4.98 Å². The number of hydrogen-bond acceptors (Lipinski definition) is 2. The van der Waals surface area contributed by atoms with Crippen molar-refractivity contribution in [3.8, 4) is 0 Å². The van der Waals surface area contributed by atoms with Crippen LogP contribution in [0.15, 0.2) is 10.8 Å². The fourth-order valence-corrected chi connectivity index (χ4v) is 0.861. The number of halogens is 2. The first-order valence-corrected chi connectivity index (χ1v) is 3.34. The lowest BCUT2D eigenvalue weighted by molar-refractivity contribution is 0.120. The number of nitrogens with zero attached hydrogens (tertiary/aromatic N) is 1. The smallest absolute Gasteiger partial charge is 0.297 e. The van der Waals surface area contributed by atoms with Gasteiger partial charge >= 0.3 is 0 Å². The molecule has 1 aromatic heterocycles. The van der Waals surface area contributed by atoms with Crippen LogP contribution in [0.1, 0.15) is 37.6 Å². The first-order chi connectivity index (χ1) is 5.13. The van der Waals surface area contributed by atoms with Gasteiger partial charge in [0.25, 0.3) is 6.43 Å². The first-order valence-electron chi connectivity index (χ1n) is 3.34. The van der Waals surface area contributed by atoms with Crippen LogP contribution in [0.25, 0.3) is 0 Å². The van der Waals surface area contributed by atoms with Crippen molar-refractivity contribution < 1.29 is 13.2 Å². The molecule has 0 amide bonds. The zero-order valence-electron chi connectivity index (χ0n) is 6.34. The maximum absolute atomic E-state index is 12.1. The number of alkyl halides is 2. The summed E-state index contributed by atoms with van der Waals surface area (Å²) in [4.78, 5) is 3.69. The molecule has 0 saturated heterocycles. The Labute approximate surface area is 63.2 Å². The third-order valence-corrected chi connectivity index (χ3v) is 1.37.